The summed E-state index contributed by atoms with van der Waals surface area (Å²) in [6.45, 7) is 7.54. The van der Waals surface area contributed by atoms with E-state index >= 15 is 0 Å². The molecule has 0 saturated carbocycles. The van der Waals surface area contributed by atoms with Crippen molar-refractivity contribution in [2.45, 2.75) is 33.7 Å². The molecule has 0 N–H and O–H groups in total. The molecule has 2 aromatic rings. The molecule has 2 rings (SSSR count). The SMILES string of the molecule is CCN(Cc1ccc(OC)c(OC)c1)C(=O)CCOc1cc(C)ccc1C. The van der Waals surface area contributed by atoms with Gasteiger partial charge in [0.15, 0.2) is 11.5 Å². The highest BCUT2D eigenvalue weighted by Crippen LogP contribution is 2.28. The molecule has 5 nitrogen and oxygen atoms in total. The predicted molar refractivity (Wildman–Crippen MR) is 107 cm³/mol. The van der Waals surface area contributed by atoms with Crippen LogP contribution in [0.25, 0.3) is 0 Å². The number of benzene rings is 2. The highest BCUT2D eigenvalue weighted by Gasteiger charge is 2.14. The lowest BCUT2D eigenvalue weighted by Crippen LogP contribution is -2.31. The molecule has 5 heteroatoms. The van der Waals surface area contributed by atoms with E-state index in [-0.39, 0.29) is 5.91 Å². The Balaban J connectivity index is 1.94. The van der Waals surface area contributed by atoms with Gasteiger partial charge < -0.3 is 19.1 Å². The molecule has 27 heavy (non-hydrogen) atoms. The van der Waals surface area contributed by atoms with E-state index in [1.807, 2.05) is 56.0 Å². The van der Waals surface area contributed by atoms with Gasteiger partial charge in [0.05, 0.1) is 27.2 Å². The number of nitrogens with zero attached hydrogens (tertiary/aromatic N) is 1. The van der Waals surface area contributed by atoms with Crippen molar-refractivity contribution >= 4 is 5.91 Å². The molecule has 2 aromatic carbocycles. The summed E-state index contributed by atoms with van der Waals surface area (Å²) in [4.78, 5) is 14.4. The maximum Gasteiger partial charge on any atom is 0.226 e. The predicted octanol–water partition coefficient (Wildman–Crippen LogP) is 4.14. The first-order valence-electron chi connectivity index (χ1n) is 9.17. The van der Waals surface area contributed by atoms with Crippen molar-refractivity contribution in [1.29, 1.82) is 0 Å². The van der Waals surface area contributed by atoms with E-state index in [1.54, 1.807) is 14.2 Å². The van der Waals surface area contributed by atoms with Crippen LogP contribution in [-0.4, -0.2) is 38.2 Å². The molecule has 0 aliphatic heterocycles. The lowest BCUT2D eigenvalue weighted by Gasteiger charge is -2.22. The summed E-state index contributed by atoms with van der Waals surface area (Å²) in [7, 11) is 3.21. The monoisotopic (exact) mass is 371 g/mol. The highest BCUT2D eigenvalue weighted by atomic mass is 16.5. The molecule has 0 unspecified atom stereocenters. The van der Waals surface area contributed by atoms with Gasteiger partial charge in [-0.1, -0.05) is 18.2 Å². The van der Waals surface area contributed by atoms with Gasteiger partial charge in [-0.15, -0.1) is 0 Å². The third-order valence-corrected chi connectivity index (χ3v) is 4.47. The Labute approximate surface area is 161 Å². The first-order chi connectivity index (χ1) is 13.0. The number of methoxy groups -OCH3 is 2. The molecular weight excluding hydrogens is 342 g/mol. The molecular formula is C22H29NO4. The van der Waals surface area contributed by atoms with Crippen LogP contribution in [0.5, 0.6) is 17.2 Å². The third-order valence-electron chi connectivity index (χ3n) is 4.47. The molecule has 0 spiro atoms. The quantitative estimate of drug-likeness (QED) is 0.665. The minimum absolute atomic E-state index is 0.0672. The van der Waals surface area contributed by atoms with Crippen molar-refractivity contribution in [3.05, 3.63) is 53.1 Å². The third kappa shape index (κ3) is 5.64. The van der Waals surface area contributed by atoms with Crippen LogP contribution in [-0.2, 0) is 11.3 Å². The average molecular weight is 371 g/mol. The molecule has 1 amide bonds. The Bertz CT molecular complexity index is 773. The van der Waals surface area contributed by atoms with Crippen LogP contribution in [0.4, 0.5) is 0 Å². The van der Waals surface area contributed by atoms with Crippen LogP contribution in [0.2, 0.25) is 0 Å². The second-order valence-electron chi connectivity index (χ2n) is 6.46. The van der Waals surface area contributed by atoms with Gasteiger partial charge in [0.1, 0.15) is 5.75 Å². The van der Waals surface area contributed by atoms with Crippen LogP contribution in [0.3, 0.4) is 0 Å². The first-order valence-corrected chi connectivity index (χ1v) is 9.17. The Morgan fingerprint density at radius 3 is 2.37 bits per heavy atom. The minimum Gasteiger partial charge on any atom is -0.493 e. The largest absolute Gasteiger partial charge is 0.493 e. The summed E-state index contributed by atoms with van der Waals surface area (Å²) in [5.41, 5.74) is 3.22. The number of rotatable bonds is 9. The molecule has 0 bridgehead atoms. The van der Waals surface area contributed by atoms with E-state index < -0.39 is 0 Å². The Hall–Kier alpha value is -2.69. The molecule has 0 atom stereocenters. The van der Waals surface area contributed by atoms with Gasteiger partial charge in [0.25, 0.3) is 0 Å². The van der Waals surface area contributed by atoms with Gasteiger partial charge in [-0.05, 0) is 55.7 Å². The zero-order valence-corrected chi connectivity index (χ0v) is 16.9. The van der Waals surface area contributed by atoms with Crippen LogP contribution >= 0.6 is 0 Å². The Morgan fingerprint density at radius 2 is 1.70 bits per heavy atom. The van der Waals surface area contributed by atoms with Crippen molar-refractivity contribution < 1.29 is 19.0 Å². The molecule has 0 radical (unpaired) electrons. The van der Waals surface area contributed by atoms with E-state index in [1.165, 1.54) is 0 Å². The Kier molecular flexibility index (Phi) is 7.53. The summed E-state index contributed by atoms with van der Waals surface area (Å²) < 4.78 is 16.4. The summed E-state index contributed by atoms with van der Waals surface area (Å²) in [5.74, 6) is 2.25. The maximum absolute atomic E-state index is 12.6. The van der Waals surface area contributed by atoms with Crippen molar-refractivity contribution in [2.75, 3.05) is 27.4 Å². The zero-order chi connectivity index (χ0) is 19.8. The molecule has 0 fully saturated rings. The summed E-state index contributed by atoms with van der Waals surface area (Å²) in [5, 5.41) is 0. The lowest BCUT2D eigenvalue weighted by molar-refractivity contribution is -0.132. The fourth-order valence-electron chi connectivity index (χ4n) is 2.84. The second kappa shape index (κ2) is 9.86. The van der Waals surface area contributed by atoms with Gasteiger partial charge in [-0.25, -0.2) is 0 Å². The van der Waals surface area contributed by atoms with E-state index in [0.29, 0.717) is 37.6 Å². The van der Waals surface area contributed by atoms with Crippen molar-refractivity contribution in [3.8, 4) is 17.2 Å². The van der Waals surface area contributed by atoms with Gasteiger partial charge in [-0.3, -0.25) is 4.79 Å². The standard InChI is InChI=1S/C22H29NO4/c1-6-23(15-18-9-10-19(25-4)21(14-18)26-5)22(24)11-12-27-20-13-16(2)7-8-17(20)3/h7-10,13-14H,6,11-12,15H2,1-5H3. The van der Waals surface area contributed by atoms with Gasteiger partial charge in [-0.2, -0.15) is 0 Å². The molecule has 0 aliphatic carbocycles. The van der Waals surface area contributed by atoms with Crippen molar-refractivity contribution in [1.82, 2.24) is 4.90 Å². The zero-order valence-electron chi connectivity index (χ0n) is 16.9. The van der Waals surface area contributed by atoms with Crippen LogP contribution < -0.4 is 14.2 Å². The maximum atomic E-state index is 12.6. The smallest absolute Gasteiger partial charge is 0.226 e. The second-order valence-corrected chi connectivity index (χ2v) is 6.46. The average Bonchev–Trinajstić information content (AvgIpc) is 2.68. The molecule has 0 heterocycles. The molecule has 0 aromatic heterocycles. The molecule has 0 aliphatic rings. The minimum atomic E-state index is 0.0672. The summed E-state index contributed by atoms with van der Waals surface area (Å²) in [6.07, 6.45) is 0.342. The lowest BCUT2D eigenvalue weighted by atomic mass is 10.1. The number of hydrogen-bond donors (Lipinski definition) is 0. The number of carbonyl (C=O) groups is 1. The fourth-order valence-corrected chi connectivity index (χ4v) is 2.84. The summed E-state index contributed by atoms with van der Waals surface area (Å²) in [6, 6.07) is 11.8. The van der Waals surface area contributed by atoms with E-state index in [0.717, 1.165) is 22.4 Å². The van der Waals surface area contributed by atoms with Crippen LogP contribution in [0, 0.1) is 13.8 Å². The number of aryl methyl sites for hydroxylation is 2. The van der Waals surface area contributed by atoms with Gasteiger partial charge >= 0.3 is 0 Å². The van der Waals surface area contributed by atoms with Gasteiger partial charge in [0, 0.05) is 13.1 Å². The first kappa shape index (κ1) is 20.6. The van der Waals surface area contributed by atoms with Crippen molar-refractivity contribution in [2.24, 2.45) is 0 Å². The molecule has 0 saturated heterocycles. The topological polar surface area (TPSA) is 48.0 Å². The van der Waals surface area contributed by atoms with Crippen molar-refractivity contribution in [3.63, 3.8) is 0 Å². The van der Waals surface area contributed by atoms with E-state index in [2.05, 4.69) is 6.07 Å². The number of ether oxygens (including phenoxy) is 3. The highest BCUT2D eigenvalue weighted by molar-refractivity contribution is 5.76. The van der Waals surface area contributed by atoms with E-state index in [4.69, 9.17) is 14.2 Å². The normalized spacial score (nSPS) is 10.4. The Morgan fingerprint density at radius 1 is 0.963 bits per heavy atom. The van der Waals surface area contributed by atoms with Crippen LogP contribution in [0.15, 0.2) is 36.4 Å². The van der Waals surface area contributed by atoms with Gasteiger partial charge in [0.2, 0.25) is 5.91 Å². The fraction of sp³-hybridized carbons (Fsp3) is 0.409. The van der Waals surface area contributed by atoms with Crippen LogP contribution in [0.1, 0.15) is 30.0 Å². The number of hydrogen-bond acceptors (Lipinski definition) is 4. The molecule has 146 valence electrons. The van der Waals surface area contributed by atoms with E-state index in [9.17, 15) is 4.79 Å². The number of amides is 1. The summed E-state index contributed by atoms with van der Waals surface area (Å²) >= 11 is 0. The number of carbonyl (C=O) groups excluding carboxylic acids is 1.